The molecule has 4 aliphatic rings. The van der Waals surface area contributed by atoms with Gasteiger partial charge in [0, 0.05) is 81.4 Å². The molecule has 0 unspecified atom stereocenters. The van der Waals surface area contributed by atoms with Crippen molar-refractivity contribution in [3.05, 3.63) is 67.3 Å². The van der Waals surface area contributed by atoms with E-state index in [2.05, 4.69) is 65.2 Å². The van der Waals surface area contributed by atoms with Gasteiger partial charge in [0.25, 0.3) is 0 Å². The number of aromatic nitrogens is 6. The topological polar surface area (TPSA) is 139 Å². The molecule has 3 aromatic heterocycles. The van der Waals surface area contributed by atoms with Gasteiger partial charge in [-0.3, -0.25) is 4.68 Å². The Morgan fingerprint density at radius 3 is 1.67 bits per heavy atom. The molecule has 9 rings (SSSR count). The Labute approximate surface area is 317 Å². The van der Waals surface area contributed by atoms with Crippen LogP contribution in [0, 0.1) is 5.92 Å². The van der Waals surface area contributed by atoms with E-state index < -0.39 is 0 Å². The van der Waals surface area contributed by atoms with Crippen molar-refractivity contribution in [2.45, 2.75) is 76.0 Å². The zero-order valence-electron chi connectivity index (χ0n) is 31.4. The average molecular weight is 736 g/mol. The lowest BCUT2D eigenvalue weighted by Gasteiger charge is -2.31. The molecular weight excluding hydrogens is 683 g/mol. The van der Waals surface area contributed by atoms with E-state index in [0.29, 0.717) is 12.0 Å². The van der Waals surface area contributed by atoms with E-state index >= 15 is 0 Å². The van der Waals surface area contributed by atoms with Crippen LogP contribution in [0.4, 0.5) is 11.4 Å². The van der Waals surface area contributed by atoms with Crippen molar-refractivity contribution in [1.82, 2.24) is 29.7 Å². The van der Waals surface area contributed by atoms with Gasteiger partial charge >= 0.3 is 0 Å². The lowest BCUT2D eigenvalue weighted by molar-refractivity contribution is 0.122. The van der Waals surface area contributed by atoms with E-state index in [1.807, 2.05) is 30.3 Å². The molecule has 4 fully saturated rings. The number of nitrogens with two attached hydrogens (primary N) is 1. The number of morpholine rings is 2. The summed E-state index contributed by atoms with van der Waals surface area (Å²) < 4.78 is 25.8. The molecule has 0 radical (unpaired) electrons. The van der Waals surface area contributed by atoms with Crippen LogP contribution in [0.2, 0.25) is 0 Å². The zero-order chi connectivity index (χ0) is 36.7. The molecule has 286 valence electrons. The summed E-state index contributed by atoms with van der Waals surface area (Å²) in [7, 11) is 1.98. The molecule has 2 aliphatic heterocycles. The quantitative estimate of drug-likeness (QED) is 0.216. The molecule has 2 aromatic carbocycles. The lowest BCUT2D eigenvalue weighted by Crippen LogP contribution is -2.36. The molecule has 2 saturated carbocycles. The van der Waals surface area contributed by atoms with Crippen LogP contribution in [0.15, 0.2) is 61.6 Å². The Kier molecular flexibility index (Phi) is 11.6. The maximum atomic E-state index is 6.55. The molecule has 5 heterocycles. The Balaban J connectivity index is 0.000000157. The van der Waals surface area contributed by atoms with E-state index in [1.165, 1.54) is 18.5 Å². The Hall–Kier alpha value is -4.59. The summed E-state index contributed by atoms with van der Waals surface area (Å²) in [5.74, 6) is 2.48. The van der Waals surface area contributed by atoms with Crippen LogP contribution in [0.1, 0.15) is 57.1 Å². The van der Waals surface area contributed by atoms with Gasteiger partial charge in [-0.1, -0.05) is 0 Å². The first-order valence-electron chi connectivity index (χ1n) is 19.7. The largest absolute Gasteiger partial charge is 0.490 e. The third kappa shape index (κ3) is 9.02. The van der Waals surface area contributed by atoms with Crippen LogP contribution in [-0.2, 0) is 22.9 Å². The van der Waals surface area contributed by atoms with Crippen LogP contribution < -0.4 is 25.0 Å². The van der Waals surface area contributed by atoms with Crippen LogP contribution in [-0.4, -0.2) is 101 Å². The minimum Gasteiger partial charge on any atom is -0.490 e. The fourth-order valence-electron chi connectivity index (χ4n) is 8.17. The van der Waals surface area contributed by atoms with Gasteiger partial charge in [0.15, 0.2) is 0 Å². The van der Waals surface area contributed by atoms with Crippen LogP contribution in [0.5, 0.6) is 11.5 Å². The number of hydrogen-bond donors (Lipinski definition) is 1. The normalized spacial score (nSPS) is 23.5. The van der Waals surface area contributed by atoms with Crippen molar-refractivity contribution in [1.29, 1.82) is 0 Å². The molecule has 0 bridgehead atoms. The summed E-state index contributed by atoms with van der Waals surface area (Å²) in [6.07, 6.45) is 19.1. The van der Waals surface area contributed by atoms with Crippen molar-refractivity contribution < 1.29 is 18.9 Å². The first-order chi connectivity index (χ1) is 26.5. The van der Waals surface area contributed by atoms with Crippen molar-refractivity contribution >= 4 is 33.2 Å². The zero-order valence-corrected chi connectivity index (χ0v) is 31.4. The highest BCUT2D eigenvalue weighted by atomic mass is 16.5. The van der Waals surface area contributed by atoms with E-state index in [0.717, 1.165) is 142 Å². The number of rotatable bonds is 8. The number of hydrogen-bond acceptors (Lipinski definition) is 12. The highest BCUT2D eigenvalue weighted by molar-refractivity contribution is 5.89. The van der Waals surface area contributed by atoms with Crippen molar-refractivity contribution in [2.24, 2.45) is 18.7 Å². The number of benzene rings is 2. The average Bonchev–Trinajstić information content (AvgIpc) is 3.64. The highest BCUT2D eigenvalue weighted by Crippen LogP contribution is 2.36. The molecule has 2 N–H and O–H groups in total. The summed E-state index contributed by atoms with van der Waals surface area (Å²) in [5.41, 5.74) is 11.4. The van der Waals surface area contributed by atoms with Gasteiger partial charge in [-0.05, 0) is 81.9 Å². The second-order valence-corrected chi connectivity index (χ2v) is 15.1. The summed E-state index contributed by atoms with van der Waals surface area (Å²) in [5, 5.41) is 6.50. The number of fused-ring (bicyclic) bond motifs is 2. The predicted octanol–water partition coefficient (Wildman–Crippen LogP) is 5.50. The standard InChI is InChI=1S/C23H29N5O2.C18H24N4O2/c1-27-7-6-18(26-27)12-17-2-4-20(5-3-17)30-23-14-19(28-8-10-29-11-9-28)13-22-21(23)15-24-16-25-22;19-13-1-3-15(4-2-13)24-18-10-14(22-5-7-23-8-6-22)9-17-16(18)11-20-12-21-17/h6-7,13-17,20H,2-5,8-12H2,1H3;9-13,15H,1-8,19H2. The number of ether oxygens (including phenoxy) is 4. The number of aryl methyl sites for hydroxylation is 1. The Morgan fingerprint density at radius 2 is 1.19 bits per heavy atom. The third-order valence-electron chi connectivity index (χ3n) is 11.3. The van der Waals surface area contributed by atoms with E-state index in [-0.39, 0.29) is 12.2 Å². The molecular formula is C41H53N9O4. The highest BCUT2D eigenvalue weighted by Gasteiger charge is 2.25. The van der Waals surface area contributed by atoms with Crippen molar-refractivity contribution in [3.63, 3.8) is 0 Å². The van der Waals surface area contributed by atoms with Gasteiger partial charge < -0.3 is 34.5 Å². The van der Waals surface area contributed by atoms with E-state index in [9.17, 15) is 0 Å². The Morgan fingerprint density at radius 1 is 0.685 bits per heavy atom. The summed E-state index contributed by atoms with van der Waals surface area (Å²) in [6, 6.07) is 11.0. The number of nitrogens with zero attached hydrogens (tertiary/aromatic N) is 8. The molecule has 2 saturated heterocycles. The summed E-state index contributed by atoms with van der Waals surface area (Å²) >= 11 is 0. The van der Waals surface area contributed by atoms with Gasteiger partial charge in [-0.25, -0.2) is 19.9 Å². The molecule has 0 spiro atoms. The maximum Gasteiger partial charge on any atom is 0.132 e. The fourth-order valence-corrected chi connectivity index (χ4v) is 8.17. The van der Waals surface area contributed by atoms with Crippen molar-refractivity contribution in [2.75, 3.05) is 62.4 Å². The van der Waals surface area contributed by atoms with Gasteiger partial charge in [-0.2, -0.15) is 5.10 Å². The van der Waals surface area contributed by atoms with Crippen LogP contribution in [0.25, 0.3) is 21.8 Å². The minimum absolute atomic E-state index is 0.230. The lowest BCUT2D eigenvalue weighted by atomic mass is 9.84. The summed E-state index contributed by atoms with van der Waals surface area (Å²) in [6.45, 7) is 6.64. The van der Waals surface area contributed by atoms with Crippen LogP contribution in [0.3, 0.4) is 0 Å². The monoisotopic (exact) mass is 735 g/mol. The fraction of sp³-hybridized carbons (Fsp3) is 0.537. The third-order valence-corrected chi connectivity index (χ3v) is 11.3. The first-order valence-corrected chi connectivity index (χ1v) is 19.7. The second kappa shape index (κ2) is 17.3. The SMILES string of the molecule is Cn1ccc(CC2CCC(Oc3cc(N4CCOCC4)cc4ncncc34)CC2)n1.NC1CCC(Oc2cc(N3CCOCC3)cc3ncncc23)CC1. The smallest absolute Gasteiger partial charge is 0.132 e. The number of anilines is 2. The van der Waals surface area contributed by atoms with Gasteiger partial charge in [-0.15, -0.1) is 0 Å². The van der Waals surface area contributed by atoms with Gasteiger partial charge in [0.2, 0.25) is 0 Å². The molecule has 2 aliphatic carbocycles. The maximum absolute atomic E-state index is 6.55. The second-order valence-electron chi connectivity index (χ2n) is 15.1. The van der Waals surface area contributed by atoms with E-state index in [4.69, 9.17) is 24.7 Å². The van der Waals surface area contributed by atoms with Gasteiger partial charge in [0.1, 0.15) is 24.2 Å². The molecule has 0 atom stereocenters. The molecule has 13 nitrogen and oxygen atoms in total. The first kappa shape index (κ1) is 36.4. The van der Waals surface area contributed by atoms with Crippen molar-refractivity contribution in [3.8, 4) is 11.5 Å². The molecule has 13 heteroatoms. The summed E-state index contributed by atoms with van der Waals surface area (Å²) in [4.78, 5) is 22.0. The minimum atomic E-state index is 0.230. The van der Waals surface area contributed by atoms with Crippen LogP contribution >= 0.6 is 0 Å². The Bertz CT molecular complexity index is 1960. The van der Waals surface area contributed by atoms with Gasteiger partial charge in [0.05, 0.1) is 66.1 Å². The molecule has 0 amide bonds. The van der Waals surface area contributed by atoms with E-state index in [1.54, 1.807) is 12.7 Å². The molecule has 54 heavy (non-hydrogen) atoms. The predicted molar refractivity (Wildman–Crippen MR) is 209 cm³/mol. The molecule has 5 aromatic rings.